The highest BCUT2D eigenvalue weighted by atomic mass is 16.5. The van der Waals surface area contributed by atoms with Crippen molar-refractivity contribution < 1.29 is 19.4 Å². The molecule has 0 aliphatic carbocycles. The minimum absolute atomic E-state index is 0.0773. The number of carboxylic acid groups (broad SMARTS) is 1. The van der Waals surface area contributed by atoms with Crippen molar-refractivity contribution in [1.29, 1.82) is 0 Å². The number of para-hydroxylation sites is 1. The highest BCUT2D eigenvalue weighted by molar-refractivity contribution is 5.75. The summed E-state index contributed by atoms with van der Waals surface area (Å²) in [4.78, 5) is 23.6. The molecule has 2 amide bonds. The van der Waals surface area contributed by atoms with Gasteiger partial charge in [0.25, 0.3) is 0 Å². The van der Waals surface area contributed by atoms with Gasteiger partial charge in [0.1, 0.15) is 5.75 Å². The Labute approximate surface area is 118 Å². The Hall–Kier alpha value is -2.24. The Morgan fingerprint density at radius 1 is 1.35 bits per heavy atom. The fraction of sp³-hybridized carbons (Fsp3) is 0.429. The van der Waals surface area contributed by atoms with Gasteiger partial charge < -0.3 is 20.1 Å². The van der Waals surface area contributed by atoms with Crippen LogP contribution in [0.1, 0.15) is 12.0 Å². The van der Waals surface area contributed by atoms with Gasteiger partial charge in [-0.25, -0.2) is 4.79 Å². The zero-order chi connectivity index (χ0) is 15.0. The molecule has 6 heteroatoms. The van der Waals surface area contributed by atoms with Gasteiger partial charge in [-0.3, -0.25) is 4.79 Å². The van der Waals surface area contributed by atoms with E-state index in [1.165, 1.54) is 4.90 Å². The predicted octanol–water partition coefficient (Wildman–Crippen LogP) is 1.35. The summed E-state index contributed by atoms with van der Waals surface area (Å²) in [6, 6.07) is 7.37. The Balaban J connectivity index is 2.40. The molecular formula is C14H20N2O4. The van der Waals surface area contributed by atoms with Gasteiger partial charge in [-0.1, -0.05) is 18.2 Å². The van der Waals surface area contributed by atoms with E-state index in [0.29, 0.717) is 13.0 Å². The summed E-state index contributed by atoms with van der Waals surface area (Å²) in [5.74, 6) is -0.130. The third-order valence-electron chi connectivity index (χ3n) is 2.87. The first kappa shape index (κ1) is 15.8. The molecule has 0 fully saturated rings. The van der Waals surface area contributed by atoms with Crippen molar-refractivity contribution in [2.75, 3.05) is 27.2 Å². The van der Waals surface area contributed by atoms with Gasteiger partial charge in [0.15, 0.2) is 0 Å². The van der Waals surface area contributed by atoms with Crippen LogP contribution in [-0.4, -0.2) is 49.3 Å². The molecule has 0 saturated carbocycles. The fourth-order valence-electron chi connectivity index (χ4n) is 1.71. The van der Waals surface area contributed by atoms with E-state index in [2.05, 4.69) is 5.32 Å². The van der Waals surface area contributed by atoms with Crippen molar-refractivity contribution in [3.63, 3.8) is 0 Å². The van der Waals surface area contributed by atoms with Crippen molar-refractivity contribution in [3.05, 3.63) is 29.8 Å². The number of ether oxygens (including phenoxy) is 1. The normalized spacial score (nSPS) is 9.90. The molecule has 1 aromatic rings. The van der Waals surface area contributed by atoms with Crippen molar-refractivity contribution in [2.24, 2.45) is 0 Å². The van der Waals surface area contributed by atoms with Crippen LogP contribution in [0.25, 0.3) is 0 Å². The third-order valence-corrected chi connectivity index (χ3v) is 2.87. The molecule has 0 aliphatic rings. The number of hydrogen-bond acceptors (Lipinski definition) is 3. The van der Waals surface area contributed by atoms with Crippen molar-refractivity contribution in [3.8, 4) is 5.75 Å². The Morgan fingerprint density at radius 3 is 2.70 bits per heavy atom. The molecule has 0 unspecified atom stereocenters. The van der Waals surface area contributed by atoms with E-state index in [4.69, 9.17) is 9.84 Å². The summed E-state index contributed by atoms with van der Waals surface area (Å²) in [7, 11) is 3.28. The molecule has 6 nitrogen and oxygen atoms in total. The molecule has 1 rings (SSSR count). The van der Waals surface area contributed by atoms with E-state index >= 15 is 0 Å². The van der Waals surface area contributed by atoms with Crippen LogP contribution in [0, 0.1) is 0 Å². The highest BCUT2D eigenvalue weighted by Gasteiger charge is 2.10. The van der Waals surface area contributed by atoms with E-state index in [1.807, 2.05) is 24.3 Å². The highest BCUT2D eigenvalue weighted by Crippen LogP contribution is 2.17. The predicted molar refractivity (Wildman–Crippen MR) is 75.0 cm³/mol. The molecule has 0 aliphatic heterocycles. The van der Waals surface area contributed by atoms with Gasteiger partial charge in [0.05, 0.1) is 13.5 Å². The number of urea groups is 1. The first-order valence-electron chi connectivity index (χ1n) is 6.37. The monoisotopic (exact) mass is 280 g/mol. The van der Waals surface area contributed by atoms with Gasteiger partial charge in [0.2, 0.25) is 0 Å². The minimum atomic E-state index is -0.929. The molecule has 1 aromatic carbocycles. The molecule has 2 N–H and O–H groups in total. The summed E-state index contributed by atoms with van der Waals surface area (Å²) in [6.07, 6.45) is 0.596. The Bertz CT molecular complexity index is 462. The van der Waals surface area contributed by atoms with Crippen LogP contribution in [-0.2, 0) is 11.2 Å². The smallest absolute Gasteiger partial charge is 0.317 e. The molecule has 0 aromatic heterocycles. The van der Waals surface area contributed by atoms with Crippen LogP contribution in [0.5, 0.6) is 5.75 Å². The Kier molecular flexibility index (Phi) is 6.36. The summed E-state index contributed by atoms with van der Waals surface area (Å²) in [6.45, 7) is 0.659. The maximum Gasteiger partial charge on any atom is 0.317 e. The lowest BCUT2D eigenvalue weighted by molar-refractivity contribution is -0.136. The molecule has 0 saturated heterocycles. The molecule has 0 spiro atoms. The summed E-state index contributed by atoms with van der Waals surface area (Å²) in [5, 5.41) is 11.0. The van der Waals surface area contributed by atoms with E-state index in [0.717, 1.165) is 11.3 Å². The molecule has 0 heterocycles. The number of likely N-dealkylation sites (N-methyl/N-ethyl adjacent to an activating group) is 1. The lowest BCUT2D eigenvalue weighted by atomic mass is 10.1. The number of nitrogens with zero attached hydrogens (tertiary/aromatic N) is 1. The van der Waals surface area contributed by atoms with Crippen molar-refractivity contribution in [2.45, 2.75) is 12.8 Å². The van der Waals surface area contributed by atoms with Crippen LogP contribution < -0.4 is 10.1 Å². The zero-order valence-electron chi connectivity index (χ0n) is 11.8. The number of rotatable bonds is 7. The number of carbonyl (C=O) groups is 2. The first-order chi connectivity index (χ1) is 9.54. The maximum atomic E-state index is 11.7. The fourth-order valence-corrected chi connectivity index (χ4v) is 1.71. The van der Waals surface area contributed by atoms with Crippen LogP contribution >= 0.6 is 0 Å². The topological polar surface area (TPSA) is 78.9 Å². The minimum Gasteiger partial charge on any atom is -0.496 e. The number of aliphatic carboxylic acids is 1. The molecule has 0 bridgehead atoms. The van der Waals surface area contributed by atoms with Gasteiger partial charge in [0, 0.05) is 20.1 Å². The SMILES string of the molecule is COc1ccccc1CCN(C)C(=O)NCCC(=O)O. The molecule has 0 atom stereocenters. The number of methoxy groups -OCH3 is 1. The van der Waals surface area contributed by atoms with E-state index < -0.39 is 5.97 Å². The average Bonchev–Trinajstić information content (AvgIpc) is 2.44. The van der Waals surface area contributed by atoms with Crippen molar-refractivity contribution in [1.82, 2.24) is 10.2 Å². The summed E-state index contributed by atoms with van der Waals surface area (Å²) >= 11 is 0. The second-order valence-electron chi connectivity index (χ2n) is 4.36. The van der Waals surface area contributed by atoms with Gasteiger partial charge in [-0.2, -0.15) is 0 Å². The number of benzene rings is 1. The summed E-state index contributed by atoms with van der Waals surface area (Å²) < 4.78 is 5.25. The molecule has 20 heavy (non-hydrogen) atoms. The maximum absolute atomic E-state index is 11.7. The second kappa shape index (κ2) is 8.04. The molecular weight excluding hydrogens is 260 g/mol. The van der Waals surface area contributed by atoms with E-state index in [9.17, 15) is 9.59 Å². The van der Waals surface area contributed by atoms with Crippen LogP contribution in [0.3, 0.4) is 0 Å². The lowest BCUT2D eigenvalue weighted by Crippen LogP contribution is -2.39. The number of carboxylic acids is 1. The van der Waals surface area contributed by atoms with Gasteiger partial charge in [-0.15, -0.1) is 0 Å². The average molecular weight is 280 g/mol. The van der Waals surface area contributed by atoms with Crippen LogP contribution in [0.4, 0.5) is 4.79 Å². The summed E-state index contributed by atoms with van der Waals surface area (Å²) in [5.41, 5.74) is 1.03. The number of hydrogen-bond donors (Lipinski definition) is 2. The molecule has 0 radical (unpaired) electrons. The lowest BCUT2D eigenvalue weighted by Gasteiger charge is -2.18. The number of nitrogens with one attached hydrogen (secondary N) is 1. The van der Waals surface area contributed by atoms with Gasteiger partial charge in [-0.05, 0) is 18.1 Å². The number of carbonyl (C=O) groups excluding carboxylic acids is 1. The second-order valence-corrected chi connectivity index (χ2v) is 4.36. The quantitative estimate of drug-likeness (QED) is 0.790. The Morgan fingerprint density at radius 2 is 2.05 bits per heavy atom. The van der Waals surface area contributed by atoms with E-state index in [1.54, 1.807) is 14.2 Å². The number of amides is 2. The first-order valence-corrected chi connectivity index (χ1v) is 6.37. The van der Waals surface area contributed by atoms with E-state index in [-0.39, 0.29) is 19.0 Å². The van der Waals surface area contributed by atoms with Gasteiger partial charge >= 0.3 is 12.0 Å². The van der Waals surface area contributed by atoms with Crippen LogP contribution in [0.2, 0.25) is 0 Å². The largest absolute Gasteiger partial charge is 0.496 e. The molecule has 110 valence electrons. The van der Waals surface area contributed by atoms with Crippen molar-refractivity contribution >= 4 is 12.0 Å². The standard InChI is InChI=1S/C14H20N2O4/c1-16(14(19)15-9-7-13(17)18)10-8-11-5-3-4-6-12(11)20-2/h3-6H,7-10H2,1-2H3,(H,15,19)(H,17,18). The third kappa shape index (κ3) is 5.17. The zero-order valence-corrected chi connectivity index (χ0v) is 11.8. The van der Waals surface area contributed by atoms with Crippen LogP contribution in [0.15, 0.2) is 24.3 Å².